The summed E-state index contributed by atoms with van der Waals surface area (Å²) in [5, 5.41) is 0. The molecule has 0 nitrogen and oxygen atoms in total. The maximum absolute atomic E-state index is 2.53. The third-order valence-corrected chi connectivity index (χ3v) is 6.64. The smallest absolute Gasteiger partial charge is 0.0215 e. The zero-order valence-corrected chi connectivity index (χ0v) is 11.9. The van der Waals surface area contributed by atoms with Gasteiger partial charge in [-0.05, 0) is 60.7 Å². The van der Waals surface area contributed by atoms with Crippen LogP contribution in [-0.2, 0) is 0 Å². The van der Waals surface area contributed by atoms with E-state index in [4.69, 9.17) is 0 Å². The molecule has 0 aromatic heterocycles. The van der Waals surface area contributed by atoms with E-state index in [-0.39, 0.29) is 0 Å². The normalized spacial score (nSPS) is 45.9. The number of hydrogen-bond acceptors (Lipinski definition) is 0. The van der Waals surface area contributed by atoms with Gasteiger partial charge in [-0.25, -0.2) is 0 Å². The van der Waals surface area contributed by atoms with Gasteiger partial charge in [0.05, 0.1) is 0 Å². The minimum absolute atomic E-state index is 0.753. The van der Waals surface area contributed by atoms with Crippen molar-refractivity contribution in [1.29, 1.82) is 0 Å². The highest BCUT2D eigenvalue weighted by Gasteiger charge is 2.60. The molecule has 2 saturated carbocycles. The number of hydrogen-bond donors (Lipinski definition) is 0. The summed E-state index contributed by atoms with van der Waals surface area (Å²) < 4.78 is 0. The Morgan fingerprint density at radius 2 is 1.88 bits per heavy atom. The number of fused-ring (bicyclic) bond motifs is 1. The Hall–Kier alpha value is 0. The van der Waals surface area contributed by atoms with E-state index in [2.05, 4.69) is 34.6 Å². The van der Waals surface area contributed by atoms with Gasteiger partial charge in [-0.15, -0.1) is 0 Å². The van der Waals surface area contributed by atoms with Crippen molar-refractivity contribution < 1.29 is 0 Å². The van der Waals surface area contributed by atoms with Crippen LogP contribution in [0.3, 0.4) is 0 Å². The quantitative estimate of drug-likeness (QED) is 0.618. The fourth-order valence-corrected chi connectivity index (χ4v) is 5.13. The van der Waals surface area contributed by atoms with Crippen molar-refractivity contribution in [2.24, 2.45) is 35.0 Å². The zero-order valence-electron chi connectivity index (χ0n) is 11.9. The van der Waals surface area contributed by atoms with Crippen molar-refractivity contribution in [2.45, 2.75) is 66.7 Å². The monoisotopic (exact) mass is 222 g/mol. The second kappa shape index (κ2) is 4.35. The van der Waals surface area contributed by atoms with Gasteiger partial charge in [-0.1, -0.05) is 41.0 Å². The summed E-state index contributed by atoms with van der Waals surface area (Å²) in [6.07, 6.45) is 7.37. The summed E-state index contributed by atoms with van der Waals surface area (Å²) in [6.45, 7) is 12.3. The van der Waals surface area contributed by atoms with Gasteiger partial charge in [0.2, 0.25) is 0 Å². The molecule has 0 radical (unpaired) electrons. The summed E-state index contributed by atoms with van der Waals surface area (Å²) in [5.41, 5.74) is 0.753. The lowest BCUT2D eigenvalue weighted by Crippen LogP contribution is -2.52. The molecule has 0 bridgehead atoms. The Morgan fingerprint density at radius 3 is 2.38 bits per heavy atom. The van der Waals surface area contributed by atoms with Crippen LogP contribution in [-0.4, -0.2) is 0 Å². The van der Waals surface area contributed by atoms with Crippen molar-refractivity contribution in [3.8, 4) is 0 Å². The molecule has 2 fully saturated rings. The highest BCUT2D eigenvalue weighted by atomic mass is 14.6. The van der Waals surface area contributed by atoms with Gasteiger partial charge in [0, 0.05) is 0 Å². The molecule has 16 heavy (non-hydrogen) atoms. The Kier molecular flexibility index (Phi) is 3.39. The highest BCUT2D eigenvalue weighted by Crippen LogP contribution is 2.68. The first kappa shape index (κ1) is 12.5. The van der Waals surface area contributed by atoms with Crippen LogP contribution in [0.1, 0.15) is 66.7 Å². The van der Waals surface area contributed by atoms with E-state index in [1.807, 2.05) is 0 Å². The van der Waals surface area contributed by atoms with Crippen LogP contribution in [0.4, 0.5) is 0 Å². The maximum Gasteiger partial charge on any atom is -0.0215 e. The van der Waals surface area contributed by atoms with Crippen LogP contribution in [0.2, 0.25) is 0 Å². The van der Waals surface area contributed by atoms with Gasteiger partial charge in [-0.2, -0.15) is 0 Å². The van der Waals surface area contributed by atoms with Crippen molar-refractivity contribution in [3.63, 3.8) is 0 Å². The third kappa shape index (κ3) is 1.48. The summed E-state index contributed by atoms with van der Waals surface area (Å²) >= 11 is 0. The predicted octanol–water partition coefficient (Wildman–Crippen LogP) is 5.13. The van der Waals surface area contributed by atoms with Crippen molar-refractivity contribution in [1.82, 2.24) is 0 Å². The van der Waals surface area contributed by atoms with Gasteiger partial charge < -0.3 is 0 Å². The zero-order chi connectivity index (χ0) is 11.9. The Balaban J connectivity index is 2.13. The molecular weight excluding hydrogens is 192 g/mol. The third-order valence-electron chi connectivity index (χ3n) is 6.64. The fraction of sp³-hybridized carbons (Fsp3) is 1.00. The first-order valence-electron chi connectivity index (χ1n) is 7.57. The van der Waals surface area contributed by atoms with Gasteiger partial charge in [-0.3, -0.25) is 0 Å². The van der Waals surface area contributed by atoms with E-state index in [1.165, 1.54) is 25.7 Å². The predicted molar refractivity (Wildman–Crippen MR) is 71.3 cm³/mol. The van der Waals surface area contributed by atoms with Crippen LogP contribution in [0.5, 0.6) is 0 Å². The standard InChI is InChI=1S/C16H30/c1-6-11(3)13(5)15-10-14-9-8-12(4)16(14,15)7-2/h11-15H,6-10H2,1-5H3. The molecule has 2 rings (SSSR count). The topological polar surface area (TPSA) is 0 Å². The van der Waals surface area contributed by atoms with Crippen LogP contribution in [0.15, 0.2) is 0 Å². The van der Waals surface area contributed by atoms with E-state index in [0.29, 0.717) is 0 Å². The van der Waals surface area contributed by atoms with Gasteiger partial charge in [0.25, 0.3) is 0 Å². The fourth-order valence-electron chi connectivity index (χ4n) is 5.13. The first-order valence-corrected chi connectivity index (χ1v) is 7.57. The van der Waals surface area contributed by atoms with Crippen molar-refractivity contribution in [2.75, 3.05) is 0 Å². The van der Waals surface area contributed by atoms with E-state index >= 15 is 0 Å². The Labute approximate surface area is 102 Å². The molecule has 2 aliphatic carbocycles. The lowest BCUT2D eigenvalue weighted by atomic mass is 9.46. The van der Waals surface area contributed by atoms with Gasteiger partial charge >= 0.3 is 0 Å². The molecule has 0 aromatic rings. The highest BCUT2D eigenvalue weighted by molar-refractivity contribution is 5.09. The lowest BCUT2D eigenvalue weighted by molar-refractivity contribution is -0.101. The van der Waals surface area contributed by atoms with E-state index < -0.39 is 0 Å². The largest absolute Gasteiger partial charge is 0.0651 e. The van der Waals surface area contributed by atoms with Crippen molar-refractivity contribution >= 4 is 0 Å². The summed E-state index contributed by atoms with van der Waals surface area (Å²) in [6, 6.07) is 0. The van der Waals surface area contributed by atoms with E-state index in [0.717, 1.165) is 35.0 Å². The molecule has 0 amide bonds. The molecular formula is C16H30. The minimum Gasteiger partial charge on any atom is -0.0651 e. The lowest BCUT2D eigenvalue weighted by Gasteiger charge is -2.58. The molecule has 0 N–H and O–H groups in total. The summed E-state index contributed by atoms with van der Waals surface area (Å²) in [7, 11) is 0. The van der Waals surface area contributed by atoms with Gasteiger partial charge in [0.15, 0.2) is 0 Å². The van der Waals surface area contributed by atoms with Crippen molar-refractivity contribution in [3.05, 3.63) is 0 Å². The maximum atomic E-state index is 2.53. The SMILES string of the molecule is CCC(C)C(C)C1CC2CCC(C)C21CC. The molecule has 0 saturated heterocycles. The molecule has 0 aromatic carbocycles. The summed E-state index contributed by atoms with van der Waals surface area (Å²) in [5.74, 6) is 4.98. The molecule has 0 spiro atoms. The molecule has 6 unspecified atom stereocenters. The van der Waals surface area contributed by atoms with Crippen LogP contribution >= 0.6 is 0 Å². The molecule has 2 aliphatic rings. The molecule has 6 atom stereocenters. The van der Waals surface area contributed by atoms with E-state index in [1.54, 1.807) is 6.42 Å². The van der Waals surface area contributed by atoms with Gasteiger partial charge in [0.1, 0.15) is 0 Å². The molecule has 0 aliphatic heterocycles. The second-order valence-electron chi connectivity index (χ2n) is 6.73. The molecule has 0 heteroatoms. The number of rotatable bonds is 4. The van der Waals surface area contributed by atoms with E-state index in [9.17, 15) is 0 Å². The summed E-state index contributed by atoms with van der Waals surface area (Å²) in [4.78, 5) is 0. The first-order chi connectivity index (χ1) is 7.57. The second-order valence-corrected chi connectivity index (χ2v) is 6.73. The average Bonchev–Trinajstić information content (AvgIpc) is 2.50. The minimum atomic E-state index is 0.753. The van der Waals surface area contributed by atoms with Crippen LogP contribution < -0.4 is 0 Å². The molecule has 0 heterocycles. The van der Waals surface area contributed by atoms with Crippen LogP contribution in [0, 0.1) is 35.0 Å². The average molecular weight is 222 g/mol. The molecule has 94 valence electrons. The Bertz CT molecular complexity index is 236. The van der Waals surface area contributed by atoms with Crippen LogP contribution in [0.25, 0.3) is 0 Å². The Morgan fingerprint density at radius 1 is 1.19 bits per heavy atom.